The van der Waals surface area contributed by atoms with Crippen molar-refractivity contribution in [2.45, 2.75) is 33.4 Å². The standard InChI is InChI=1S/C15H20BrN3O/c1-3-7-17-9-12-5-6-15(14(16)8-12)20-13-10-18-19(4-2)11-13/h5-6,8,10-11,17H,3-4,7,9H2,1-2H3. The molecule has 0 aliphatic heterocycles. The van der Waals surface area contributed by atoms with Crippen LogP contribution in [0, 0.1) is 0 Å². The highest BCUT2D eigenvalue weighted by Crippen LogP contribution is 2.30. The molecule has 20 heavy (non-hydrogen) atoms. The van der Waals surface area contributed by atoms with Crippen LogP contribution in [0.25, 0.3) is 0 Å². The van der Waals surface area contributed by atoms with Crippen molar-refractivity contribution in [2.24, 2.45) is 0 Å². The van der Waals surface area contributed by atoms with Crippen LogP contribution in [0.1, 0.15) is 25.8 Å². The minimum atomic E-state index is 0.754. The summed E-state index contributed by atoms with van der Waals surface area (Å²) in [5, 5.41) is 7.58. The van der Waals surface area contributed by atoms with E-state index in [1.54, 1.807) is 6.20 Å². The molecule has 2 rings (SSSR count). The second-order valence-corrected chi connectivity index (χ2v) is 5.43. The fourth-order valence-corrected chi connectivity index (χ4v) is 2.35. The molecule has 0 bridgehead atoms. The van der Waals surface area contributed by atoms with Gasteiger partial charge in [-0.3, -0.25) is 4.68 Å². The summed E-state index contributed by atoms with van der Waals surface area (Å²) in [4.78, 5) is 0. The molecule has 0 saturated heterocycles. The summed E-state index contributed by atoms with van der Waals surface area (Å²) >= 11 is 3.56. The van der Waals surface area contributed by atoms with Crippen LogP contribution in [0.4, 0.5) is 0 Å². The van der Waals surface area contributed by atoms with Gasteiger partial charge in [0.25, 0.3) is 0 Å². The summed E-state index contributed by atoms with van der Waals surface area (Å²) < 4.78 is 8.62. The van der Waals surface area contributed by atoms with E-state index in [1.165, 1.54) is 5.56 Å². The summed E-state index contributed by atoms with van der Waals surface area (Å²) in [6.07, 6.45) is 4.76. The van der Waals surface area contributed by atoms with E-state index >= 15 is 0 Å². The molecule has 0 radical (unpaired) electrons. The Morgan fingerprint density at radius 3 is 2.85 bits per heavy atom. The van der Waals surface area contributed by atoms with Gasteiger partial charge in [0.05, 0.1) is 16.9 Å². The molecule has 4 nitrogen and oxygen atoms in total. The van der Waals surface area contributed by atoms with Gasteiger partial charge in [0.15, 0.2) is 5.75 Å². The van der Waals surface area contributed by atoms with Crippen LogP contribution in [0.5, 0.6) is 11.5 Å². The van der Waals surface area contributed by atoms with Crippen molar-refractivity contribution in [2.75, 3.05) is 6.54 Å². The van der Waals surface area contributed by atoms with E-state index in [0.717, 1.165) is 42.0 Å². The number of hydrogen-bond acceptors (Lipinski definition) is 3. The van der Waals surface area contributed by atoms with Gasteiger partial charge in [0.2, 0.25) is 0 Å². The largest absolute Gasteiger partial charge is 0.453 e. The molecule has 0 atom stereocenters. The van der Waals surface area contributed by atoms with Gasteiger partial charge in [-0.1, -0.05) is 13.0 Å². The van der Waals surface area contributed by atoms with Crippen molar-refractivity contribution < 1.29 is 4.74 Å². The maximum atomic E-state index is 5.82. The number of benzene rings is 1. The molecule has 108 valence electrons. The van der Waals surface area contributed by atoms with E-state index in [4.69, 9.17) is 4.74 Å². The third-order valence-corrected chi connectivity index (χ3v) is 3.53. The molecule has 1 heterocycles. The van der Waals surface area contributed by atoms with Gasteiger partial charge in [-0.25, -0.2) is 0 Å². The normalized spacial score (nSPS) is 10.8. The lowest BCUT2D eigenvalue weighted by Gasteiger charge is -2.08. The average molecular weight is 338 g/mol. The zero-order valence-corrected chi connectivity index (χ0v) is 13.5. The summed E-state index contributed by atoms with van der Waals surface area (Å²) in [6.45, 7) is 6.96. The second kappa shape index (κ2) is 7.45. The van der Waals surface area contributed by atoms with Crippen molar-refractivity contribution in [1.29, 1.82) is 0 Å². The maximum absolute atomic E-state index is 5.82. The Balaban J connectivity index is 2.01. The third-order valence-electron chi connectivity index (χ3n) is 2.91. The quantitative estimate of drug-likeness (QED) is 0.777. The molecule has 1 N–H and O–H groups in total. The van der Waals surface area contributed by atoms with Crippen molar-refractivity contribution in [3.63, 3.8) is 0 Å². The van der Waals surface area contributed by atoms with Crippen LogP contribution in [0.15, 0.2) is 35.1 Å². The van der Waals surface area contributed by atoms with E-state index < -0.39 is 0 Å². The van der Waals surface area contributed by atoms with Gasteiger partial charge in [-0.05, 0) is 53.5 Å². The monoisotopic (exact) mass is 337 g/mol. The van der Waals surface area contributed by atoms with Crippen LogP contribution in [0.2, 0.25) is 0 Å². The molecule has 0 unspecified atom stereocenters. The zero-order valence-electron chi connectivity index (χ0n) is 11.9. The third kappa shape index (κ3) is 4.08. The predicted molar refractivity (Wildman–Crippen MR) is 84.1 cm³/mol. The molecular weight excluding hydrogens is 318 g/mol. The van der Waals surface area contributed by atoms with Gasteiger partial charge in [-0.2, -0.15) is 5.10 Å². The summed E-state index contributed by atoms with van der Waals surface area (Å²) in [6, 6.07) is 6.14. The first-order valence-corrected chi connectivity index (χ1v) is 7.71. The highest BCUT2D eigenvalue weighted by atomic mass is 79.9. The SMILES string of the molecule is CCCNCc1ccc(Oc2cnn(CC)c2)c(Br)c1. The number of aryl methyl sites for hydroxylation is 1. The van der Waals surface area contributed by atoms with Crippen molar-refractivity contribution in [3.05, 3.63) is 40.6 Å². The Hall–Kier alpha value is -1.33. The molecule has 0 aliphatic rings. The van der Waals surface area contributed by atoms with Crippen LogP contribution in [0.3, 0.4) is 0 Å². The minimum Gasteiger partial charge on any atom is -0.453 e. The van der Waals surface area contributed by atoms with Crippen LogP contribution in [-0.2, 0) is 13.1 Å². The van der Waals surface area contributed by atoms with Gasteiger partial charge >= 0.3 is 0 Å². The van der Waals surface area contributed by atoms with Crippen LogP contribution in [-0.4, -0.2) is 16.3 Å². The number of halogens is 1. The van der Waals surface area contributed by atoms with E-state index in [1.807, 2.05) is 23.9 Å². The molecule has 0 spiro atoms. The van der Waals surface area contributed by atoms with Gasteiger partial charge in [0, 0.05) is 13.1 Å². The van der Waals surface area contributed by atoms with Crippen molar-refractivity contribution in [3.8, 4) is 11.5 Å². The molecule has 5 heteroatoms. The van der Waals surface area contributed by atoms with Crippen molar-refractivity contribution >= 4 is 15.9 Å². The Labute approximate surface area is 128 Å². The number of ether oxygens (including phenoxy) is 1. The molecular formula is C15H20BrN3O. The predicted octanol–water partition coefficient (Wildman–Crippen LogP) is 3.96. The van der Waals surface area contributed by atoms with Gasteiger partial charge < -0.3 is 10.1 Å². The van der Waals surface area contributed by atoms with E-state index in [-0.39, 0.29) is 0 Å². The Morgan fingerprint density at radius 2 is 2.20 bits per heavy atom. The topological polar surface area (TPSA) is 39.1 Å². The minimum absolute atomic E-state index is 0.754. The Kier molecular flexibility index (Phi) is 5.61. The molecule has 1 aromatic carbocycles. The number of nitrogens with zero attached hydrogens (tertiary/aromatic N) is 2. The lowest BCUT2D eigenvalue weighted by atomic mass is 10.2. The number of nitrogens with one attached hydrogen (secondary N) is 1. The van der Waals surface area contributed by atoms with E-state index in [9.17, 15) is 0 Å². The summed E-state index contributed by atoms with van der Waals surface area (Å²) in [7, 11) is 0. The summed E-state index contributed by atoms with van der Waals surface area (Å²) in [5.74, 6) is 1.56. The molecule has 0 fully saturated rings. The first-order valence-electron chi connectivity index (χ1n) is 6.92. The Bertz CT molecular complexity index is 554. The van der Waals surface area contributed by atoms with Crippen LogP contribution >= 0.6 is 15.9 Å². The molecule has 0 saturated carbocycles. The highest BCUT2D eigenvalue weighted by molar-refractivity contribution is 9.10. The first-order chi connectivity index (χ1) is 9.72. The summed E-state index contributed by atoms with van der Waals surface area (Å²) in [5.41, 5.74) is 1.24. The average Bonchev–Trinajstić information content (AvgIpc) is 2.90. The van der Waals surface area contributed by atoms with E-state index in [0.29, 0.717) is 0 Å². The number of aromatic nitrogens is 2. The van der Waals surface area contributed by atoms with E-state index in [2.05, 4.69) is 45.4 Å². The maximum Gasteiger partial charge on any atom is 0.165 e. The fourth-order valence-electron chi connectivity index (χ4n) is 1.84. The Morgan fingerprint density at radius 1 is 1.35 bits per heavy atom. The molecule has 1 aromatic heterocycles. The zero-order chi connectivity index (χ0) is 14.4. The lowest BCUT2D eigenvalue weighted by Crippen LogP contribution is -2.13. The van der Waals surface area contributed by atoms with Crippen molar-refractivity contribution in [1.82, 2.24) is 15.1 Å². The fraction of sp³-hybridized carbons (Fsp3) is 0.400. The first kappa shape index (κ1) is 15.1. The van der Waals surface area contributed by atoms with Crippen LogP contribution < -0.4 is 10.1 Å². The number of rotatable bonds is 7. The molecule has 0 aliphatic carbocycles. The smallest absolute Gasteiger partial charge is 0.165 e. The van der Waals surface area contributed by atoms with Gasteiger partial charge in [-0.15, -0.1) is 0 Å². The second-order valence-electron chi connectivity index (χ2n) is 4.58. The highest BCUT2D eigenvalue weighted by Gasteiger charge is 2.06. The lowest BCUT2D eigenvalue weighted by molar-refractivity contribution is 0.478. The molecule has 0 amide bonds. The molecule has 2 aromatic rings. The van der Waals surface area contributed by atoms with Gasteiger partial charge in [0.1, 0.15) is 5.75 Å². The number of hydrogen-bond donors (Lipinski definition) is 1.